The third-order valence-electron chi connectivity index (χ3n) is 12.9. The predicted octanol–water partition coefficient (Wildman–Crippen LogP) is 22.4. The van der Waals surface area contributed by atoms with Crippen LogP contribution in [0.4, 0.5) is 0 Å². The van der Waals surface area contributed by atoms with Gasteiger partial charge in [-0.3, -0.25) is 14.4 Å². The van der Waals surface area contributed by atoms with Crippen molar-refractivity contribution in [1.29, 1.82) is 0 Å². The van der Waals surface area contributed by atoms with Gasteiger partial charge in [-0.1, -0.05) is 267 Å². The van der Waals surface area contributed by atoms with E-state index in [1.54, 1.807) is 0 Å². The number of hydrogen-bond acceptors (Lipinski definition) is 6. The van der Waals surface area contributed by atoms with Gasteiger partial charge in [-0.15, -0.1) is 0 Å². The Morgan fingerprint density at radius 1 is 0.259 bits per heavy atom. The van der Waals surface area contributed by atoms with E-state index < -0.39 is 6.10 Å². The highest BCUT2D eigenvalue weighted by Gasteiger charge is 2.19. The van der Waals surface area contributed by atoms with E-state index >= 15 is 0 Å². The summed E-state index contributed by atoms with van der Waals surface area (Å²) in [5, 5.41) is 0. The van der Waals surface area contributed by atoms with Crippen molar-refractivity contribution < 1.29 is 28.6 Å². The highest BCUT2D eigenvalue weighted by Crippen LogP contribution is 2.14. The minimum absolute atomic E-state index is 0.119. The molecule has 81 heavy (non-hydrogen) atoms. The molecule has 0 saturated heterocycles. The fourth-order valence-electron chi connectivity index (χ4n) is 8.12. The molecule has 0 N–H and O–H groups in total. The summed E-state index contributed by atoms with van der Waals surface area (Å²) in [7, 11) is 0. The molecule has 0 spiro atoms. The van der Waals surface area contributed by atoms with E-state index in [0.717, 1.165) is 167 Å². The van der Waals surface area contributed by atoms with E-state index in [1.165, 1.54) is 38.5 Å². The monoisotopic (exact) mass is 1110 g/mol. The third kappa shape index (κ3) is 65.2. The minimum Gasteiger partial charge on any atom is -0.462 e. The Morgan fingerprint density at radius 2 is 0.494 bits per heavy atom. The van der Waals surface area contributed by atoms with Crippen LogP contribution in [-0.2, 0) is 28.6 Å². The molecule has 1 atom stereocenters. The SMILES string of the molecule is CC/C=C\C/C=C\C/C=C\C/C=C\C/C=C\C/C=C\C/C=C\CCCC(=O)OC(COC(=O)CCCCCCC/C=C\C/C=C\CCC)COC(=O)CCCCCCCCCC/C=C\C/C=C\C/C=C\C/C=C\C/C=C\C/C=C\CC. The molecule has 0 aliphatic heterocycles. The lowest BCUT2D eigenvalue weighted by Gasteiger charge is -2.18. The maximum atomic E-state index is 12.9. The molecule has 0 aromatic rings. The van der Waals surface area contributed by atoms with Gasteiger partial charge in [0.25, 0.3) is 0 Å². The molecule has 6 heteroatoms. The zero-order valence-electron chi connectivity index (χ0n) is 51.7. The molecule has 0 aromatic carbocycles. The Morgan fingerprint density at radius 3 is 0.790 bits per heavy atom. The fraction of sp³-hybridized carbons (Fsp3) is 0.560. The molecular formula is C75H116O6. The first-order valence-corrected chi connectivity index (χ1v) is 32.3. The lowest BCUT2D eigenvalue weighted by Crippen LogP contribution is -2.30. The van der Waals surface area contributed by atoms with E-state index in [2.05, 4.69) is 203 Å². The highest BCUT2D eigenvalue weighted by atomic mass is 16.6. The Bertz CT molecular complexity index is 1900. The van der Waals surface area contributed by atoms with Crippen LogP contribution in [0.25, 0.3) is 0 Å². The summed E-state index contributed by atoms with van der Waals surface area (Å²) < 4.78 is 16.8. The molecule has 0 aromatic heterocycles. The summed E-state index contributed by atoms with van der Waals surface area (Å²) in [6, 6.07) is 0. The van der Waals surface area contributed by atoms with Gasteiger partial charge in [-0.05, 0) is 148 Å². The molecule has 0 amide bonds. The summed E-state index contributed by atoms with van der Waals surface area (Å²) in [5.74, 6) is -1.01. The zero-order valence-corrected chi connectivity index (χ0v) is 51.7. The van der Waals surface area contributed by atoms with Crippen LogP contribution >= 0.6 is 0 Å². The normalized spacial score (nSPS) is 13.4. The summed E-state index contributed by atoms with van der Waals surface area (Å²) in [5.41, 5.74) is 0. The van der Waals surface area contributed by atoms with Crippen molar-refractivity contribution in [3.8, 4) is 0 Å². The number of ether oxygens (including phenoxy) is 3. The number of esters is 3. The van der Waals surface area contributed by atoms with Crippen molar-refractivity contribution in [2.45, 2.75) is 258 Å². The highest BCUT2D eigenvalue weighted by molar-refractivity contribution is 5.71. The van der Waals surface area contributed by atoms with Crippen LogP contribution in [0.1, 0.15) is 252 Å². The van der Waals surface area contributed by atoms with E-state index in [0.29, 0.717) is 19.3 Å². The van der Waals surface area contributed by atoms with Crippen molar-refractivity contribution >= 4 is 17.9 Å². The van der Waals surface area contributed by atoms with Crippen LogP contribution in [0.5, 0.6) is 0 Å². The quantitative estimate of drug-likeness (QED) is 0.0261. The average Bonchev–Trinajstić information content (AvgIpc) is 3.46. The molecule has 0 bridgehead atoms. The van der Waals surface area contributed by atoms with Crippen LogP contribution in [0, 0.1) is 0 Å². The molecule has 0 radical (unpaired) electrons. The van der Waals surface area contributed by atoms with Gasteiger partial charge < -0.3 is 14.2 Å². The van der Waals surface area contributed by atoms with Gasteiger partial charge >= 0.3 is 17.9 Å². The van der Waals surface area contributed by atoms with Gasteiger partial charge in [0.05, 0.1) is 0 Å². The zero-order chi connectivity index (χ0) is 58.5. The van der Waals surface area contributed by atoms with Gasteiger partial charge in [-0.25, -0.2) is 0 Å². The molecule has 0 rings (SSSR count). The van der Waals surface area contributed by atoms with Crippen molar-refractivity contribution in [2.24, 2.45) is 0 Å². The van der Waals surface area contributed by atoms with Gasteiger partial charge in [0.15, 0.2) is 6.10 Å². The molecule has 6 nitrogen and oxygen atoms in total. The van der Waals surface area contributed by atoms with Crippen LogP contribution in [0.2, 0.25) is 0 Å². The summed E-state index contributed by atoms with van der Waals surface area (Å²) in [6.07, 6.45) is 100. The van der Waals surface area contributed by atoms with Crippen LogP contribution in [0.3, 0.4) is 0 Å². The largest absolute Gasteiger partial charge is 0.462 e. The summed E-state index contributed by atoms with van der Waals surface area (Å²) in [4.78, 5) is 38.3. The van der Waals surface area contributed by atoms with Crippen molar-refractivity contribution in [3.05, 3.63) is 182 Å². The Balaban J connectivity index is 4.48. The topological polar surface area (TPSA) is 78.9 Å². The van der Waals surface area contributed by atoms with E-state index in [-0.39, 0.29) is 37.5 Å². The first kappa shape index (κ1) is 75.5. The third-order valence-corrected chi connectivity index (χ3v) is 12.9. The van der Waals surface area contributed by atoms with Crippen molar-refractivity contribution in [2.75, 3.05) is 13.2 Å². The summed E-state index contributed by atoms with van der Waals surface area (Å²) in [6.45, 7) is 6.27. The van der Waals surface area contributed by atoms with Crippen LogP contribution < -0.4 is 0 Å². The standard InChI is InChI=1S/C75H116O6/c1-4-7-10-13-16-19-22-25-27-29-31-33-35-36-37-38-40-41-43-45-47-50-53-56-59-62-65-68-74(77)80-71-72(70-79-73(76)67-64-61-58-55-52-49-24-21-18-15-12-9-6-3)81-75(78)69-66-63-60-57-54-51-48-46-44-42-39-34-32-30-28-26-23-20-17-14-11-8-5-2/h7-8,10-12,15-17,19-21,24-28,31-34,36-37,40-42,44,48,51,57,60,72H,4-6,9,13-14,18,22-23,29-30,35,38-39,43,45-47,49-50,52-56,58-59,61-71H2,1-3H3/b10-7-,11-8-,15-12-,19-16-,20-17-,24-21-,27-25-,28-26-,33-31-,34-32-,37-36-,41-40-,44-42-,51-48-,60-57-. The molecular weight excluding hydrogens is 997 g/mol. The smallest absolute Gasteiger partial charge is 0.306 e. The van der Waals surface area contributed by atoms with Gasteiger partial charge in [-0.2, -0.15) is 0 Å². The molecule has 0 aliphatic carbocycles. The van der Waals surface area contributed by atoms with E-state index in [1.807, 2.05) is 0 Å². The molecule has 0 fully saturated rings. The number of allylic oxidation sites excluding steroid dienone is 30. The second-order valence-electron chi connectivity index (χ2n) is 20.5. The maximum Gasteiger partial charge on any atom is 0.306 e. The van der Waals surface area contributed by atoms with Crippen LogP contribution in [0.15, 0.2) is 182 Å². The van der Waals surface area contributed by atoms with Crippen molar-refractivity contribution in [1.82, 2.24) is 0 Å². The second kappa shape index (κ2) is 67.0. The first-order valence-electron chi connectivity index (χ1n) is 32.3. The molecule has 1 unspecified atom stereocenters. The lowest BCUT2D eigenvalue weighted by atomic mass is 10.1. The minimum atomic E-state index is -0.830. The number of carbonyl (C=O) groups is 3. The molecule has 0 saturated carbocycles. The van der Waals surface area contributed by atoms with Crippen molar-refractivity contribution in [3.63, 3.8) is 0 Å². The second-order valence-corrected chi connectivity index (χ2v) is 20.5. The van der Waals surface area contributed by atoms with Crippen LogP contribution in [-0.4, -0.2) is 37.2 Å². The maximum absolute atomic E-state index is 12.9. The number of rotatable bonds is 56. The first-order chi connectivity index (χ1) is 40.0. The van der Waals surface area contributed by atoms with E-state index in [4.69, 9.17) is 14.2 Å². The molecule has 452 valence electrons. The summed E-state index contributed by atoms with van der Waals surface area (Å²) >= 11 is 0. The van der Waals surface area contributed by atoms with E-state index in [9.17, 15) is 14.4 Å². The Hall–Kier alpha value is -5.49. The Labute approximate surface area is 497 Å². The van der Waals surface area contributed by atoms with Gasteiger partial charge in [0, 0.05) is 19.3 Å². The number of carbonyl (C=O) groups excluding carboxylic acids is 3. The Kier molecular flexibility index (Phi) is 62.5. The average molecular weight is 1110 g/mol. The number of unbranched alkanes of at least 4 members (excludes halogenated alkanes) is 15. The fourth-order valence-corrected chi connectivity index (χ4v) is 8.12. The molecule has 0 aliphatic rings. The lowest BCUT2D eigenvalue weighted by molar-refractivity contribution is -0.167. The van der Waals surface area contributed by atoms with Gasteiger partial charge in [0.2, 0.25) is 0 Å². The predicted molar refractivity (Wildman–Crippen MR) is 352 cm³/mol. The molecule has 0 heterocycles. The van der Waals surface area contributed by atoms with Gasteiger partial charge in [0.1, 0.15) is 13.2 Å². The number of hydrogen-bond donors (Lipinski definition) is 0.